The minimum atomic E-state index is -1.02. The van der Waals surface area contributed by atoms with Crippen LogP contribution in [0.5, 0.6) is 0 Å². The van der Waals surface area contributed by atoms with Gasteiger partial charge in [0, 0.05) is 3.57 Å². The number of aromatic nitrogens is 2. The number of imidazole rings is 1. The number of H-pyrrole nitrogens is 1. The maximum Gasteiger partial charge on any atom is 0.335 e. The van der Waals surface area contributed by atoms with Gasteiger partial charge in [-0.3, -0.25) is 4.57 Å². The Kier molecular flexibility index (Phi) is 3.09. The van der Waals surface area contributed by atoms with Gasteiger partial charge in [0.1, 0.15) is 0 Å². The fraction of sp³-hybridized carbons (Fsp3) is 0. The number of halogens is 1. The summed E-state index contributed by atoms with van der Waals surface area (Å²) < 4.78 is 2.48. The van der Waals surface area contributed by atoms with Gasteiger partial charge in [-0.2, -0.15) is 0 Å². The van der Waals surface area contributed by atoms with Gasteiger partial charge in [-0.05, 0) is 52.9 Å². The summed E-state index contributed by atoms with van der Waals surface area (Å²) in [5.74, 6) is -1.02. The predicted octanol–water partition coefficient (Wildman–Crippen LogP) is 2.62. The number of hydrogen-bond donors (Lipinski definition) is 2. The number of aromatic amines is 1. The fourth-order valence-electron chi connectivity index (χ4n) is 2.12. The first-order chi connectivity index (χ1) is 9.58. The molecule has 1 aromatic heterocycles. The molecule has 0 saturated heterocycles. The molecule has 0 atom stereocenters. The van der Waals surface area contributed by atoms with Crippen molar-refractivity contribution in [3.8, 4) is 5.69 Å². The lowest BCUT2D eigenvalue weighted by molar-refractivity contribution is 0.0697. The predicted molar refractivity (Wildman–Crippen MR) is 83.6 cm³/mol. The van der Waals surface area contributed by atoms with Crippen LogP contribution in [0.3, 0.4) is 0 Å². The van der Waals surface area contributed by atoms with Crippen LogP contribution in [0.2, 0.25) is 0 Å². The van der Waals surface area contributed by atoms with Crippen LogP contribution in [0.15, 0.2) is 47.3 Å². The number of carboxylic acids is 1. The van der Waals surface area contributed by atoms with Crippen molar-refractivity contribution in [1.29, 1.82) is 0 Å². The largest absolute Gasteiger partial charge is 0.478 e. The van der Waals surface area contributed by atoms with Gasteiger partial charge in [0.15, 0.2) is 0 Å². The zero-order valence-corrected chi connectivity index (χ0v) is 12.3. The van der Waals surface area contributed by atoms with E-state index in [9.17, 15) is 9.59 Å². The van der Waals surface area contributed by atoms with Crippen molar-refractivity contribution < 1.29 is 9.90 Å². The molecular weight excluding hydrogens is 371 g/mol. The van der Waals surface area contributed by atoms with Gasteiger partial charge < -0.3 is 10.1 Å². The van der Waals surface area contributed by atoms with Crippen LogP contribution in [-0.4, -0.2) is 20.6 Å². The Morgan fingerprint density at radius 1 is 1.20 bits per heavy atom. The van der Waals surface area contributed by atoms with E-state index >= 15 is 0 Å². The molecule has 100 valence electrons. The lowest BCUT2D eigenvalue weighted by Gasteiger charge is -2.05. The third-order valence-electron chi connectivity index (χ3n) is 3.02. The molecule has 0 aliphatic carbocycles. The number of carboxylic acid groups (broad SMARTS) is 1. The summed E-state index contributed by atoms with van der Waals surface area (Å²) >= 11 is 2.16. The van der Waals surface area contributed by atoms with Crippen molar-refractivity contribution in [3.05, 3.63) is 62.1 Å². The SMILES string of the molecule is O=C(O)c1ccc2c(c1)[nH]c(=O)n2-c1ccccc1I. The molecule has 0 amide bonds. The highest BCUT2D eigenvalue weighted by atomic mass is 127. The summed E-state index contributed by atoms with van der Waals surface area (Å²) in [4.78, 5) is 25.8. The average molecular weight is 380 g/mol. The zero-order chi connectivity index (χ0) is 14.3. The summed E-state index contributed by atoms with van der Waals surface area (Å²) in [5, 5.41) is 8.98. The molecule has 0 radical (unpaired) electrons. The Hall–Kier alpha value is -2.09. The van der Waals surface area contributed by atoms with Gasteiger partial charge in [-0.1, -0.05) is 12.1 Å². The van der Waals surface area contributed by atoms with Crippen LogP contribution in [-0.2, 0) is 0 Å². The van der Waals surface area contributed by atoms with E-state index in [2.05, 4.69) is 27.6 Å². The third kappa shape index (κ3) is 2.01. The first-order valence-corrected chi connectivity index (χ1v) is 6.89. The summed E-state index contributed by atoms with van der Waals surface area (Å²) in [6.07, 6.45) is 0. The van der Waals surface area contributed by atoms with Crippen LogP contribution < -0.4 is 5.69 Å². The highest BCUT2D eigenvalue weighted by Crippen LogP contribution is 2.20. The molecule has 0 unspecified atom stereocenters. The second kappa shape index (κ2) is 4.78. The van der Waals surface area contributed by atoms with Gasteiger partial charge in [0.2, 0.25) is 0 Å². The molecule has 0 saturated carbocycles. The molecule has 2 N–H and O–H groups in total. The Morgan fingerprint density at radius 3 is 2.65 bits per heavy atom. The lowest BCUT2D eigenvalue weighted by atomic mass is 10.2. The van der Waals surface area contributed by atoms with E-state index in [-0.39, 0.29) is 11.3 Å². The number of nitrogens with one attached hydrogen (secondary N) is 1. The van der Waals surface area contributed by atoms with Crippen molar-refractivity contribution in [3.63, 3.8) is 0 Å². The molecule has 0 fully saturated rings. The standard InChI is InChI=1S/C14H9IN2O3/c15-9-3-1-2-4-11(9)17-12-6-5-8(13(18)19)7-10(12)16-14(17)20/h1-7H,(H,16,20)(H,18,19). The van der Waals surface area contributed by atoms with Crippen LogP contribution in [0.1, 0.15) is 10.4 Å². The molecule has 20 heavy (non-hydrogen) atoms. The van der Waals surface area contributed by atoms with Gasteiger partial charge in [-0.25, -0.2) is 9.59 Å². The lowest BCUT2D eigenvalue weighted by Crippen LogP contribution is -2.15. The zero-order valence-electron chi connectivity index (χ0n) is 10.1. The Morgan fingerprint density at radius 2 is 1.95 bits per heavy atom. The van der Waals surface area contributed by atoms with E-state index in [0.29, 0.717) is 11.0 Å². The van der Waals surface area contributed by atoms with E-state index in [1.54, 1.807) is 10.6 Å². The highest BCUT2D eigenvalue weighted by Gasteiger charge is 2.12. The number of fused-ring (bicyclic) bond motifs is 1. The molecule has 2 aromatic carbocycles. The smallest absolute Gasteiger partial charge is 0.335 e. The normalized spacial score (nSPS) is 10.8. The average Bonchev–Trinajstić information content (AvgIpc) is 2.74. The molecule has 0 aliphatic heterocycles. The number of benzene rings is 2. The molecule has 0 aliphatic rings. The van der Waals surface area contributed by atoms with Gasteiger partial charge >= 0.3 is 11.7 Å². The van der Waals surface area contributed by atoms with Crippen LogP contribution in [0, 0.1) is 3.57 Å². The highest BCUT2D eigenvalue weighted by molar-refractivity contribution is 14.1. The maximum absolute atomic E-state index is 12.1. The van der Waals surface area contributed by atoms with Crippen molar-refractivity contribution in [2.24, 2.45) is 0 Å². The number of carbonyl (C=O) groups is 1. The molecule has 0 bridgehead atoms. The third-order valence-corrected chi connectivity index (χ3v) is 3.93. The molecule has 6 heteroatoms. The maximum atomic E-state index is 12.1. The first kappa shape index (κ1) is 12.9. The summed E-state index contributed by atoms with van der Waals surface area (Å²) in [5.41, 5.74) is 1.80. The van der Waals surface area contributed by atoms with Crippen LogP contribution in [0.25, 0.3) is 16.7 Å². The number of rotatable bonds is 2. The number of para-hydroxylation sites is 1. The Balaban J connectivity index is 2.33. The van der Waals surface area contributed by atoms with Crippen molar-refractivity contribution in [2.45, 2.75) is 0 Å². The van der Waals surface area contributed by atoms with Crippen LogP contribution in [0.4, 0.5) is 0 Å². The van der Waals surface area contributed by atoms with Gasteiger partial charge in [0.05, 0.1) is 22.3 Å². The molecule has 3 aromatic rings. The number of hydrogen-bond acceptors (Lipinski definition) is 2. The summed E-state index contributed by atoms with van der Waals surface area (Å²) in [6.45, 7) is 0. The van der Waals surface area contributed by atoms with Gasteiger partial charge in [-0.15, -0.1) is 0 Å². The number of aromatic carboxylic acids is 1. The quantitative estimate of drug-likeness (QED) is 0.672. The minimum Gasteiger partial charge on any atom is -0.478 e. The summed E-state index contributed by atoms with van der Waals surface area (Å²) in [6, 6.07) is 12.1. The van der Waals surface area contributed by atoms with E-state index in [1.807, 2.05) is 24.3 Å². The minimum absolute atomic E-state index is 0.147. The molecule has 1 heterocycles. The summed E-state index contributed by atoms with van der Waals surface area (Å²) in [7, 11) is 0. The molecule has 0 spiro atoms. The molecular formula is C14H9IN2O3. The second-order valence-corrected chi connectivity index (χ2v) is 5.42. The molecule has 3 rings (SSSR count). The number of nitrogens with zero attached hydrogens (tertiary/aromatic N) is 1. The topological polar surface area (TPSA) is 75.1 Å². The van der Waals surface area contributed by atoms with Crippen molar-refractivity contribution in [1.82, 2.24) is 9.55 Å². The van der Waals surface area contributed by atoms with Crippen molar-refractivity contribution >= 4 is 39.6 Å². The van der Waals surface area contributed by atoms with E-state index in [0.717, 1.165) is 9.26 Å². The Labute approximate surface area is 127 Å². The van der Waals surface area contributed by atoms with E-state index in [4.69, 9.17) is 5.11 Å². The molecule has 5 nitrogen and oxygen atoms in total. The van der Waals surface area contributed by atoms with Crippen LogP contribution >= 0.6 is 22.6 Å². The first-order valence-electron chi connectivity index (χ1n) is 5.81. The second-order valence-electron chi connectivity index (χ2n) is 4.25. The fourth-order valence-corrected chi connectivity index (χ4v) is 2.75. The van der Waals surface area contributed by atoms with E-state index < -0.39 is 5.97 Å². The Bertz CT molecular complexity index is 880. The monoisotopic (exact) mass is 380 g/mol. The van der Waals surface area contributed by atoms with Crippen molar-refractivity contribution in [2.75, 3.05) is 0 Å². The van der Waals surface area contributed by atoms with E-state index in [1.165, 1.54) is 12.1 Å². The van der Waals surface area contributed by atoms with Gasteiger partial charge in [0.25, 0.3) is 0 Å².